The van der Waals surface area contributed by atoms with Crippen molar-refractivity contribution in [3.8, 4) is 5.75 Å². The highest BCUT2D eigenvalue weighted by Gasteiger charge is 2.12. The maximum absolute atomic E-state index is 12.4. The lowest BCUT2D eigenvalue weighted by molar-refractivity contribution is 0.102. The summed E-state index contributed by atoms with van der Waals surface area (Å²) in [6, 6.07) is 9.13. The monoisotopic (exact) mass is 397 g/mol. The smallest absolute Gasteiger partial charge is 0.274 e. The summed E-state index contributed by atoms with van der Waals surface area (Å²) in [4.78, 5) is 25.3. The molecule has 0 unspecified atom stereocenters. The average molecular weight is 398 g/mol. The molecule has 1 amide bonds. The summed E-state index contributed by atoms with van der Waals surface area (Å²) >= 11 is 3.43. The number of hydrogen-bond donors (Lipinski definition) is 1. The number of hydrogen-bond acceptors (Lipinski definition) is 5. The fourth-order valence-corrected chi connectivity index (χ4v) is 2.84. The molecular formula is C17H12BrN5O2. The van der Waals surface area contributed by atoms with Crippen molar-refractivity contribution in [2.75, 3.05) is 12.4 Å². The Kier molecular flexibility index (Phi) is 3.81. The fraction of sp³-hybridized carbons (Fsp3) is 0.0588. The summed E-state index contributed by atoms with van der Waals surface area (Å²) in [5, 5.41) is 2.75. The van der Waals surface area contributed by atoms with Crippen LogP contribution in [0.2, 0.25) is 0 Å². The van der Waals surface area contributed by atoms with E-state index in [2.05, 4.69) is 36.2 Å². The molecule has 0 atom stereocenters. The van der Waals surface area contributed by atoms with Gasteiger partial charge in [0.1, 0.15) is 11.4 Å². The summed E-state index contributed by atoms with van der Waals surface area (Å²) in [7, 11) is 1.54. The van der Waals surface area contributed by atoms with Gasteiger partial charge in [-0.05, 0) is 24.3 Å². The van der Waals surface area contributed by atoms with Crippen LogP contribution in [-0.4, -0.2) is 32.4 Å². The lowest BCUT2D eigenvalue weighted by Gasteiger charge is -2.06. The Hall–Kier alpha value is -3.00. The van der Waals surface area contributed by atoms with E-state index in [1.807, 2.05) is 22.6 Å². The highest BCUT2D eigenvalue weighted by Crippen LogP contribution is 2.21. The fourth-order valence-electron chi connectivity index (χ4n) is 2.50. The van der Waals surface area contributed by atoms with Gasteiger partial charge in [0, 0.05) is 16.7 Å². The minimum atomic E-state index is -0.342. The maximum atomic E-state index is 12.4. The molecule has 0 radical (unpaired) electrons. The first-order chi connectivity index (χ1) is 12.1. The van der Waals surface area contributed by atoms with E-state index in [1.165, 1.54) is 0 Å². The van der Waals surface area contributed by atoms with Crippen LogP contribution >= 0.6 is 15.9 Å². The van der Waals surface area contributed by atoms with Gasteiger partial charge in [-0.15, -0.1) is 0 Å². The van der Waals surface area contributed by atoms with Crippen LogP contribution in [0.3, 0.4) is 0 Å². The van der Waals surface area contributed by atoms with E-state index in [9.17, 15) is 4.79 Å². The van der Waals surface area contributed by atoms with Crippen LogP contribution in [0.15, 0.2) is 53.4 Å². The van der Waals surface area contributed by atoms with Crippen molar-refractivity contribution < 1.29 is 9.53 Å². The molecule has 0 fully saturated rings. The quantitative estimate of drug-likeness (QED) is 0.573. The van der Waals surface area contributed by atoms with Crippen LogP contribution in [0.5, 0.6) is 5.75 Å². The molecule has 0 saturated heterocycles. The van der Waals surface area contributed by atoms with Gasteiger partial charge in [0.25, 0.3) is 5.91 Å². The molecule has 4 aromatic rings. The Bertz CT molecular complexity index is 1110. The number of rotatable bonds is 3. The highest BCUT2D eigenvalue weighted by molar-refractivity contribution is 9.10. The SMILES string of the molecule is COc1cncc(NC(=O)c2ccn3c(n2)nc2cc(Br)ccc23)c1. The summed E-state index contributed by atoms with van der Waals surface area (Å²) < 4.78 is 7.87. The molecule has 0 aliphatic carbocycles. The summed E-state index contributed by atoms with van der Waals surface area (Å²) in [5.41, 5.74) is 2.53. The van der Waals surface area contributed by atoms with E-state index in [-0.39, 0.29) is 11.6 Å². The van der Waals surface area contributed by atoms with Crippen LogP contribution in [0.25, 0.3) is 16.8 Å². The van der Waals surface area contributed by atoms with Crippen molar-refractivity contribution in [1.29, 1.82) is 0 Å². The van der Waals surface area contributed by atoms with E-state index in [1.54, 1.807) is 37.8 Å². The molecule has 0 aliphatic rings. The molecule has 0 spiro atoms. The first kappa shape index (κ1) is 15.5. The number of nitrogens with zero attached hydrogens (tertiary/aromatic N) is 4. The standard InChI is InChI=1S/C17H12BrN5O2/c1-25-12-7-11(8-19-9-12)20-16(24)13-4-5-23-15-3-2-10(18)6-14(15)22-17(23)21-13/h2-9H,1H3,(H,20,24). The van der Waals surface area contributed by atoms with Gasteiger partial charge >= 0.3 is 0 Å². The lowest BCUT2D eigenvalue weighted by Crippen LogP contribution is -2.14. The number of aromatic nitrogens is 4. The van der Waals surface area contributed by atoms with Crippen LogP contribution in [0.1, 0.15) is 10.5 Å². The predicted octanol–water partition coefficient (Wildman–Crippen LogP) is 3.30. The number of amides is 1. The Morgan fingerprint density at radius 2 is 2.08 bits per heavy atom. The van der Waals surface area contributed by atoms with Crippen LogP contribution in [0.4, 0.5) is 5.69 Å². The molecule has 7 nitrogen and oxygen atoms in total. The second-order valence-electron chi connectivity index (χ2n) is 5.30. The van der Waals surface area contributed by atoms with Gasteiger partial charge in [0.15, 0.2) is 0 Å². The molecule has 124 valence electrons. The van der Waals surface area contributed by atoms with Crippen molar-refractivity contribution in [1.82, 2.24) is 19.4 Å². The third-order valence-electron chi connectivity index (χ3n) is 3.67. The maximum Gasteiger partial charge on any atom is 0.274 e. The normalized spacial score (nSPS) is 11.0. The Morgan fingerprint density at radius 3 is 2.92 bits per heavy atom. The molecular weight excluding hydrogens is 386 g/mol. The number of benzene rings is 1. The lowest BCUT2D eigenvalue weighted by atomic mass is 10.3. The topological polar surface area (TPSA) is 81.4 Å². The first-order valence-electron chi connectivity index (χ1n) is 7.39. The predicted molar refractivity (Wildman–Crippen MR) is 96.9 cm³/mol. The van der Waals surface area contributed by atoms with Crippen LogP contribution in [-0.2, 0) is 0 Å². The number of methoxy groups -OCH3 is 1. The zero-order valence-electron chi connectivity index (χ0n) is 13.1. The van der Waals surface area contributed by atoms with Crippen molar-refractivity contribution in [2.45, 2.75) is 0 Å². The molecule has 25 heavy (non-hydrogen) atoms. The largest absolute Gasteiger partial charge is 0.495 e. The second kappa shape index (κ2) is 6.14. The molecule has 4 rings (SSSR count). The number of carbonyl (C=O) groups is 1. The highest BCUT2D eigenvalue weighted by atomic mass is 79.9. The van der Waals surface area contributed by atoms with Gasteiger partial charge in [-0.2, -0.15) is 0 Å². The summed E-state index contributed by atoms with van der Waals surface area (Å²) in [5.74, 6) is 0.682. The molecule has 0 aliphatic heterocycles. The number of anilines is 1. The number of pyridine rings is 1. The average Bonchev–Trinajstić information content (AvgIpc) is 2.98. The number of imidazole rings is 1. The van der Waals surface area contributed by atoms with E-state index in [0.717, 1.165) is 15.5 Å². The van der Waals surface area contributed by atoms with E-state index >= 15 is 0 Å². The summed E-state index contributed by atoms with van der Waals surface area (Å²) in [6.45, 7) is 0. The van der Waals surface area contributed by atoms with Crippen molar-refractivity contribution >= 4 is 44.3 Å². The second-order valence-corrected chi connectivity index (χ2v) is 6.21. The van der Waals surface area contributed by atoms with Gasteiger partial charge in [0.05, 0.1) is 36.2 Å². The number of fused-ring (bicyclic) bond motifs is 3. The van der Waals surface area contributed by atoms with Crippen molar-refractivity contribution in [3.05, 3.63) is 59.1 Å². The van der Waals surface area contributed by atoms with Gasteiger partial charge in [-0.3, -0.25) is 14.2 Å². The molecule has 0 saturated carbocycles. The minimum Gasteiger partial charge on any atom is -0.495 e. The van der Waals surface area contributed by atoms with Gasteiger partial charge < -0.3 is 10.1 Å². The molecule has 3 heterocycles. The zero-order valence-corrected chi connectivity index (χ0v) is 14.7. The number of nitrogens with one attached hydrogen (secondary N) is 1. The molecule has 3 aromatic heterocycles. The molecule has 0 bridgehead atoms. The Morgan fingerprint density at radius 1 is 1.20 bits per heavy atom. The molecule has 1 N–H and O–H groups in total. The van der Waals surface area contributed by atoms with Gasteiger partial charge in [-0.1, -0.05) is 15.9 Å². The van der Waals surface area contributed by atoms with Gasteiger partial charge in [-0.25, -0.2) is 9.97 Å². The third kappa shape index (κ3) is 2.91. The first-order valence-corrected chi connectivity index (χ1v) is 8.18. The van der Waals surface area contributed by atoms with E-state index < -0.39 is 0 Å². The van der Waals surface area contributed by atoms with Crippen molar-refractivity contribution in [2.24, 2.45) is 0 Å². The minimum absolute atomic E-state index is 0.268. The zero-order chi connectivity index (χ0) is 17.4. The van der Waals surface area contributed by atoms with Crippen molar-refractivity contribution in [3.63, 3.8) is 0 Å². The van der Waals surface area contributed by atoms with Crippen LogP contribution in [0, 0.1) is 0 Å². The Balaban J connectivity index is 1.68. The molecule has 1 aromatic carbocycles. The number of ether oxygens (including phenoxy) is 1. The summed E-state index contributed by atoms with van der Waals surface area (Å²) in [6.07, 6.45) is 4.89. The number of carbonyl (C=O) groups excluding carboxylic acids is 1. The van der Waals surface area contributed by atoms with Crippen LogP contribution < -0.4 is 10.1 Å². The number of halogens is 1. The molecule has 8 heteroatoms. The third-order valence-corrected chi connectivity index (χ3v) is 4.17. The van der Waals surface area contributed by atoms with E-state index in [4.69, 9.17) is 4.74 Å². The van der Waals surface area contributed by atoms with Gasteiger partial charge in [0.2, 0.25) is 5.78 Å². The van der Waals surface area contributed by atoms with E-state index in [0.29, 0.717) is 17.2 Å². The Labute approximate surface area is 150 Å².